The van der Waals surface area contributed by atoms with Gasteiger partial charge in [-0.1, -0.05) is 72.3 Å². The third kappa shape index (κ3) is 7.48. The van der Waals surface area contributed by atoms with Crippen LogP contribution in [0.2, 0.25) is 5.02 Å². The van der Waals surface area contributed by atoms with E-state index in [4.69, 9.17) is 16.3 Å². The number of ether oxygens (including phenoxy) is 1. The van der Waals surface area contributed by atoms with Gasteiger partial charge in [0.25, 0.3) is 10.0 Å². The highest BCUT2D eigenvalue weighted by Crippen LogP contribution is 2.27. The van der Waals surface area contributed by atoms with E-state index in [-0.39, 0.29) is 29.5 Å². The molecule has 42 heavy (non-hydrogen) atoms. The summed E-state index contributed by atoms with van der Waals surface area (Å²) in [4.78, 5) is 29.0. The highest BCUT2D eigenvalue weighted by atomic mass is 35.5. The molecule has 1 atom stereocenters. The Morgan fingerprint density at radius 2 is 1.43 bits per heavy atom. The lowest BCUT2D eigenvalue weighted by Crippen LogP contribution is -2.53. The largest absolute Gasteiger partial charge is 0.497 e. The third-order valence-corrected chi connectivity index (χ3v) is 8.79. The first kappa shape index (κ1) is 30.6. The molecule has 0 saturated carbocycles. The Morgan fingerprint density at radius 3 is 2.00 bits per heavy atom. The average Bonchev–Trinajstić information content (AvgIpc) is 3.03. The second-order valence-electron chi connectivity index (χ2n) is 9.49. The van der Waals surface area contributed by atoms with Gasteiger partial charge in [0.15, 0.2) is 0 Å². The number of carbonyl (C=O) groups is 2. The number of anilines is 1. The van der Waals surface area contributed by atoms with E-state index in [1.54, 1.807) is 66.7 Å². The zero-order chi connectivity index (χ0) is 30.1. The zero-order valence-corrected chi connectivity index (χ0v) is 24.9. The summed E-state index contributed by atoms with van der Waals surface area (Å²) in [6, 6.07) is 29.7. The second kappa shape index (κ2) is 14.0. The predicted molar refractivity (Wildman–Crippen MR) is 164 cm³/mol. The number of amides is 2. The number of nitrogens with zero attached hydrogens (tertiary/aromatic N) is 2. The maximum absolute atomic E-state index is 14.2. The van der Waals surface area contributed by atoms with Gasteiger partial charge in [-0.25, -0.2) is 8.42 Å². The minimum atomic E-state index is -4.16. The van der Waals surface area contributed by atoms with E-state index in [1.165, 1.54) is 31.2 Å². The number of halogens is 1. The molecule has 1 N–H and O–H groups in total. The normalized spacial score (nSPS) is 11.8. The highest BCUT2D eigenvalue weighted by Gasteiger charge is 2.34. The molecule has 4 aromatic rings. The van der Waals surface area contributed by atoms with Crippen LogP contribution in [-0.2, 0) is 32.6 Å². The number of hydrogen-bond acceptors (Lipinski definition) is 5. The van der Waals surface area contributed by atoms with Crippen LogP contribution in [0.5, 0.6) is 5.75 Å². The third-order valence-electron chi connectivity index (χ3n) is 6.75. The first-order chi connectivity index (χ1) is 20.2. The Labute approximate surface area is 251 Å². The molecule has 4 aromatic carbocycles. The number of nitrogens with one attached hydrogen (secondary N) is 1. The number of rotatable bonds is 12. The first-order valence-electron chi connectivity index (χ1n) is 13.2. The maximum Gasteiger partial charge on any atom is 0.264 e. The number of benzene rings is 4. The van der Waals surface area contributed by atoms with Gasteiger partial charge in [-0.3, -0.25) is 13.9 Å². The number of carbonyl (C=O) groups excluding carboxylic acids is 2. The van der Waals surface area contributed by atoms with Crippen LogP contribution >= 0.6 is 11.6 Å². The molecule has 0 saturated heterocycles. The molecule has 0 bridgehead atoms. The van der Waals surface area contributed by atoms with Crippen LogP contribution in [0.4, 0.5) is 5.69 Å². The molecular weight excluding hydrogens is 574 g/mol. The van der Waals surface area contributed by atoms with E-state index >= 15 is 0 Å². The number of hydrogen-bond donors (Lipinski definition) is 1. The van der Waals surface area contributed by atoms with E-state index in [0.29, 0.717) is 10.8 Å². The molecular formula is C32H32ClN3O5S. The summed E-state index contributed by atoms with van der Waals surface area (Å²) >= 11 is 6.09. The summed E-state index contributed by atoms with van der Waals surface area (Å²) in [5.74, 6) is -0.387. The molecule has 0 radical (unpaired) electrons. The van der Waals surface area contributed by atoms with Crippen molar-refractivity contribution in [1.29, 1.82) is 0 Å². The Morgan fingerprint density at radius 1 is 0.833 bits per heavy atom. The van der Waals surface area contributed by atoms with Crippen LogP contribution in [0, 0.1) is 0 Å². The van der Waals surface area contributed by atoms with Gasteiger partial charge in [-0.05, 0) is 59.7 Å². The molecule has 8 nitrogen and oxygen atoms in total. The van der Waals surface area contributed by atoms with Gasteiger partial charge in [0.2, 0.25) is 11.8 Å². The molecule has 10 heteroatoms. The summed E-state index contributed by atoms with van der Waals surface area (Å²) in [5.41, 5.74) is 1.86. The fraction of sp³-hybridized carbons (Fsp3) is 0.188. The summed E-state index contributed by atoms with van der Waals surface area (Å²) in [6.07, 6.45) is 0.230. The van der Waals surface area contributed by atoms with E-state index in [9.17, 15) is 18.0 Å². The molecule has 0 aromatic heterocycles. The van der Waals surface area contributed by atoms with Gasteiger partial charge in [0.05, 0.1) is 17.7 Å². The predicted octanol–water partition coefficient (Wildman–Crippen LogP) is 4.93. The molecule has 0 aliphatic heterocycles. The van der Waals surface area contributed by atoms with Crippen molar-refractivity contribution in [3.63, 3.8) is 0 Å². The molecule has 0 aliphatic rings. The van der Waals surface area contributed by atoms with Gasteiger partial charge >= 0.3 is 0 Å². The van der Waals surface area contributed by atoms with Crippen molar-refractivity contribution in [1.82, 2.24) is 10.2 Å². The molecule has 218 valence electrons. The smallest absolute Gasteiger partial charge is 0.264 e. The number of methoxy groups -OCH3 is 1. The lowest BCUT2D eigenvalue weighted by atomic mass is 10.0. The fourth-order valence-electron chi connectivity index (χ4n) is 4.50. The molecule has 0 spiro atoms. The first-order valence-corrected chi connectivity index (χ1v) is 15.1. The summed E-state index contributed by atoms with van der Waals surface area (Å²) in [6.45, 7) is -0.484. The SMILES string of the molecule is CNC(=O)[C@H](Cc1ccccc1)N(Cc1ccc(Cl)cc1)C(=O)CN(c1ccc(OC)cc1)S(=O)(=O)c1ccccc1. The standard InChI is InChI=1S/C32H32ClN3O5S/c1-34-32(38)30(21-24-9-5-3-6-10-24)35(22-25-13-15-26(33)16-14-25)31(37)23-36(27-17-19-28(41-2)20-18-27)42(39,40)29-11-7-4-8-12-29/h3-20,30H,21-23H2,1-2H3,(H,34,38)/t30-/m0/s1. The van der Waals surface area contributed by atoms with Crippen molar-refractivity contribution < 1.29 is 22.7 Å². The van der Waals surface area contributed by atoms with Crippen molar-refractivity contribution in [3.05, 3.63) is 125 Å². The molecule has 0 unspecified atom stereocenters. The Bertz CT molecular complexity index is 1580. The molecule has 2 amide bonds. The minimum Gasteiger partial charge on any atom is -0.497 e. The van der Waals surface area contributed by atoms with Gasteiger partial charge in [0.1, 0.15) is 18.3 Å². The van der Waals surface area contributed by atoms with Crippen molar-refractivity contribution >= 4 is 39.1 Å². The van der Waals surface area contributed by atoms with Crippen LogP contribution in [0.25, 0.3) is 0 Å². The second-order valence-corrected chi connectivity index (χ2v) is 11.8. The van der Waals surface area contributed by atoms with E-state index in [1.807, 2.05) is 30.3 Å². The van der Waals surface area contributed by atoms with Gasteiger partial charge in [-0.2, -0.15) is 0 Å². The highest BCUT2D eigenvalue weighted by molar-refractivity contribution is 7.92. The van der Waals surface area contributed by atoms with E-state index < -0.39 is 28.5 Å². The van der Waals surface area contributed by atoms with Gasteiger partial charge < -0.3 is 15.0 Å². The maximum atomic E-state index is 14.2. The summed E-state index contributed by atoms with van der Waals surface area (Å²) in [7, 11) is -1.14. The Kier molecular flexibility index (Phi) is 10.2. The van der Waals surface area contributed by atoms with Gasteiger partial charge in [-0.15, -0.1) is 0 Å². The summed E-state index contributed by atoms with van der Waals surface area (Å²) in [5, 5.41) is 3.20. The van der Waals surface area contributed by atoms with Crippen LogP contribution in [0.15, 0.2) is 114 Å². The fourth-order valence-corrected chi connectivity index (χ4v) is 6.07. The van der Waals surface area contributed by atoms with Gasteiger partial charge in [0, 0.05) is 25.0 Å². The Hall–Kier alpha value is -4.34. The van der Waals surface area contributed by atoms with Crippen molar-refractivity contribution in [3.8, 4) is 5.75 Å². The average molecular weight is 606 g/mol. The molecule has 4 rings (SSSR count). The van der Waals surface area contributed by atoms with Crippen LogP contribution in [0.1, 0.15) is 11.1 Å². The molecule has 0 heterocycles. The Balaban J connectivity index is 1.77. The van der Waals surface area contributed by atoms with Crippen molar-refractivity contribution in [2.24, 2.45) is 0 Å². The lowest BCUT2D eigenvalue weighted by molar-refractivity contribution is -0.139. The zero-order valence-electron chi connectivity index (χ0n) is 23.3. The van der Waals surface area contributed by atoms with E-state index in [2.05, 4.69) is 5.32 Å². The van der Waals surface area contributed by atoms with Crippen molar-refractivity contribution in [2.75, 3.05) is 25.0 Å². The van der Waals surface area contributed by atoms with Crippen LogP contribution in [-0.4, -0.2) is 51.9 Å². The lowest BCUT2D eigenvalue weighted by Gasteiger charge is -2.33. The monoisotopic (exact) mass is 605 g/mol. The topological polar surface area (TPSA) is 96.0 Å². The summed E-state index contributed by atoms with van der Waals surface area (Å²) < 4.78 is 34.1. The number of likely N-dealkylation sites (N-methyl/N-ethyl adjacent to an activating group) is 1. The molecule has 0 fully saturated rings. The van der Waals surface area contributed by atoms with Crippen LogP contribution < -0.4 is 14.4 Å². The van der Waals surface area contributed by atoms with E-state index in [0.717, 1.165) is 15.4 Å². The molecule has 0 aliphatic carbocycles. The number of sulfonamides is 1. The quantitative estimate of drug-likeness (QED) is 0.247. The van der Waals surface area contributed by atoms with Crippen LogP contribution in [0.3, 0.4) is 0 Å². The van der Waals surface area contributed by atoms with Crippen molar-refractivity contribution in [2.45, 2.75) is 23.9 Å². The minimum absolute atomic E-state index is 0.0324.